The van der Waals surface area contributed by atoms with Gasteiger partial charge in [0.15, 0.2) is 5.76 Å². The number of H-pyrrole nitrogens is 1. The zero-order chi connectivity index (χ0) is 12.5. The second-order valence-corrected chi connectivity index (χ2v) is 3.85. The van der Waals surface area contributed by atoms with Gasteiger partial charge in [-0.05, 0) is 24.3 Å². The quantitative estimate of drug-likeness (QED) is 0.695. The summed E-state index contributed by atoms with van der Waals surface area (Å²) in [4.78, 5) is 15.2. The Bertz CT molecular complexity index is 761. The average molecular weight is 236 g/mol. The average Bonchev–Trinajstić information content (AvgIpc) is 3.06. The highest BCUT2D eigenvalue weighted by Crippen LogP contribution is 2.24. The summed E-state index contributed by atoms with van der Waals surface area (Å²) in [5.41, 5.74) is 1.70. The molecule has 0 aliphatic heterocycles. The maximum absolute atomic E-state index is 12.2. The lowest BCUT2D eigenvalue weighted by Crippen LogP contribution is -1.98. The van der Waals surface area contributed by atoms with Crippen molar-refractivity contribution in [2.24, 2.45) is 0 Å². The van der Waals surface area contributed by atoms with Crippen LogP contribution in [0.25, 0.3) is 10.9 Å². The van der Waals surface area contributed by atoms with Gasteiger partial charge in [0.2, 0.25) is 5.78 Å². The highest BCUT2D eigenvalue weighted by atomic mass is 16.3. The van der Waals surface area contributed by atoms with Crippen molar-refractivity contribution in [2.45, 2.75) is 0 Å². The second-order valence-electron chi connectivity index (χ2n) is 3.85. The maximum Gasteiger partial charge on any atom is 0.230 e. The van der Waals surface area contributed by atoms with Crippen LogP contribution in [-0.2, 0) is 0 Å². The lowest BCUT2D eigenvalue weighted by Gasteiger charge is -1.97. The maximum atomic E-state index is 12.2. The number of hydrogen-bond donors (Lipinski definition) is 1. The van der Waals surface area contributed by atoms with Gasteiger partial charge in [0, 0.05) is 17.1 Å². The normalized spacial score (nSPS) is 10.4. The van der Waals surface area contributed by atoms with Crippen molar-refractivity contribution in [1.29, 1.82) is 5.26 Å². The molecule has 0 radical (unpaired) electrons. The van der Waals surface area contributed by atoms with Crippen molar-refractivity contribution < 1.29 is 9.21 Å². The van der Waals surface area contributed by atoms with Crippen molar-refractivity contribution in [3.05, 3.63) is 59.7 Å². The molecule has 0 saturated heterocycles. The number of carbonyl (C=O) groups is 1. The fourth-order valence-corrected chi connectivity index (χ4v) is 2.00. The predicted molar refractivity (Wildman–Crippen MR) is 65.2 cm³/mol. The molecule has 0 bridgehead atoms. The van der Waals surface area contributed by atoms with E-state index >= 15 is 0 Å². The first-order chi connectivity index (χ1) is 8.81. The number of benzene rings is 1. The van der Waals surface area contributed by atoms with E-state index in [1.165, 1.54) is 6.26 Å². The van der Waals surface area contributed by atoms with E-state index < -0.39 is 0 Å². The monoisotopic (exact) mass is 236 g/mol. The molecule has 0 unspecified atom stereocenters. The molecule has 1 N–H and O–H groups in total. The summed E-state index contributed by atoms with van der Waals surface area (Å²) >= 11 is 0. The topological polar surface area (TPSA) is 69.8 Å². The molecule has 2 heterocycles. The molecule has 0 amide bonds. The molecule has 3 aromatic rings. The summed E-state index contributed by atoms with van der Waals surface area (Å²) < 4.78 is 5.10. The molecule has 3 rings (SSSR count). The summed E-state index contributed by atoms with van der Waals surface area (Å²) in [7, 11) is 0. The Kier molecular flexibility index (Phi) is 2.24. The highest BCUT2D eigenvalue weighted by Gasteiger charge is 2.18. The Morgan fingerprint density at radius 2 is 2.17 bits per heavy atom. The van der Waals surface area contributed by atoms with Gasteiger partial charge < -0.3 is 9.40 Å². The van der Waals surface area contributed by atoms with Gasteiger partial charge in [-0.1, -0.05) is 6.07 Å². The van der Waals surface area contributed by atoms with Crippen molar-refractivity contribution in [2.75, 3.05) is 0 Å². The molecule has 86 valence electrons. The molecule has 0 atom stereocenters. The fourth-order valence-electron chi connectivity index (χ4n) is 2.00. The largest absolute Gasteiger partial charge is 0.461 e. The summed E-state index contributed by atoms with van der Waals surface area (Å²) in [5, 5.41) is 9.73. The molecule has 18 heavy (non-hydrogen) atoms. The standard InChI is InChI=1S/C14H8N2O2/c15-7-9-3-1-4-11-13(9)10(8-16-11)14(17)12-5-2-6-18-12/h1-6,8,16H. The molecule has 0 aliphatic carbocycles. The minimum atomic E-state index is -0.228. The Morgan fingerprint density at radius 3 is 2.89 bits per heavy atom. The third-order valence-corrected chi connectivity index (χ3v) is 2.82. The number of hydrogen-bond acceptors (Lipinski definition) is 3. The van der Waals surface area contributed by atoms with Gasteiger partial charge >= 0.3 is 0 Å². The summed E-state index contributed by atoms with van der Waals surface area (Å²) in [6.07, 6.45) is 3.06. The van der Waals surface area contributed by atoms with Crippen LogP contribution >= 0.6 is 0 Å². The molecule has 0 fully saturated rings. The molecule has 4 nitrogen and oxygen atoms in total. The van der Waals surface area contributed by atoms with E-state index in [2.05, 4.69) is 11.1 Å². The smallest absolute Gasteiger partial charge is 0.230 e. The minimum absolute atomic E-state index is 0.228. The van der Waals surface area contributed by atoms with E-state index in [1.807, 2.05) is 6.07 Å². The Morgan fingerprint density at radius 1 is 1.28 bits per heavy atom. The van der Waals surface area contributed by atoms with Crippen LogP contribution in [0.15, 0.2) is 47.2 Å². The number of nitrogens with zero attached hydrogens (tertiary/aromatic N) is 1. The number of aromatic amines is 1. The van der Waals surface area contributed by atoms with Gasteiger partial charge in [-0.25, -0.2) is 0 Å². The van der Waals surface area contributed by atoms with Crippen molar-refractivity contribution in [3.63, 3.8) is 0 Å². The number of ketones is 1. The van der Waals surface area contributed by atoms with E-state index in [0.29, 0.717) is 16.5 Å². The first-order valence-electron chi connectivity index (χ1n) is 5.39. The number of aromatic nitrogens is 1. The van der Waals surface area contributed by atoms with Crippen LogP contribution in [0.2, 0.25) is 0 Å². The number of nitriles is 1. The molecule has 1 aromatic carbocycles. The van der Waals surface area contributed by atoms with Gasteiger partial charge in [-0.2, -0.15) is 5.26 Å². The SMILES string of the molecule is N#Cc1cccc2[nH]cc(C(=O)c3ccco3)c12. The van der Waals surface area contributed by atoms with Crippen LogP contribution in [0.4, 0.5) is 0 Å². The van der Waals surface area contributed by atoms with Gasteiger partial charge in [-0.3, -0.25) is 4.79 Å². The Hall–Kier alpha value is -2.80. The molecule has 0 spiro atoms. The zero-order valence-electron chi connectivity index (χ0n) is 9.31. The van der Waals surface area contributed by atoms with Gasteiger partial charge in [-0.15, -0.1) is 0 Å². The Labute approximate surface area is 102 Å². The van der Waals surface area contributed by atoms with Crippen molar-refractivity contribution >= 4 is 16.7 Å². The van der Waals surface area contributed by atoms with E-state index in [-0.39, 0.29) is 11.5 Å². The molecular weight excluding hydrogens is 228 g/mol. The number of fused-ring (bicyclic) bond motifs is 1. The lowest BCUT2D eigenvalue weighted by molar-refractivity contribution is 0.101. The van der Waals surface area contributed by atoms with Gasteiger partial charge in [0.05, 0.1) is 23.5 Å². The molecular formula is C14H8N2O2. The molecule has 0 saturated carbocycles. The van der Waals surface area contributed by atoms with Crippen LogP contribution in [0.3, 0.4) is 0 Å². The number of nitrogens with one attached hydrogen (secondary N) is 1. The van der Waals surface area contributed by atoms with E-state index in [1.54, 1.807) is 30.5 Å². The van der Waals surface area contributed by atoms with Crippen LogP contribution in [0.5, 0.6) is 0 Å². The van der Waals surface area contributed by atoms with Crippen molar-refractivity contribution in [1.82, 2.24) is 4.98 Å². The van der Waals surface area contributed by atoms with Crippen LogP contribution in [-0.4, -0.2) is 10.8 Å². The van der Waals surface area contributed by atoms with Gasteiger partial charge in [0.25, 0.3) is 0 Å². The summed E-state index contributed by atoms with van der Waals surface area (Å²) in [6, 6.07) is 10.7. The number of carbonyl (C=O) groups excluding carboxylic acids is 1. The first kappa shape index (κ1) is 10.4. The van der Waals surface area contributed by atoms with Crippen LogP contribution in [0, 0.1) is 11.3 Å². The van der Waals surface area contributed by atoms with Crippen LogP contribution < -0.4 is 0 Å². The van der Waals surface area contributed by atoms with Crippen molar-refractivity contribution in [3.8, 4) is 6.07 Å². The lowest BCUT2D eigenvalue weighted by atomic mass is 10.0. The second kappa shape index (κ2) is 3.90. The summed E-state index contributed by atoms with van der Waals surface area (Å²) in [6.45, 7) is 0. The fraction of sp³-hybridized carbons (Fsp3) is 0. The number of furan rings is 1. The molecule has 4 heteroatoms. The predicted octanol–water partition coefficient (Wildman–Crippen LogP) is 2.86. The zero-order valence-corrected chi connectivity index (χ0v) is 9.31. The van der Waals surface area contributed by atoms with E-state index in [9.17, 15) is 4.79 Å². The van der Waals surface area contributed by atoms with E-state index in [4.69, 9.17) is 9.68 Å². The molecule has 2 aromatic heterocycles. The van der Waals surface area contributed by atoms with Gasteiger partial charge in [0.1, 0.15) is 0 Å². The third-order valence-electron chi connectivity index (χ3n) is 2.82. The Balaban J connectivity index is 2.25. The molecule has 0 aliphatic rings. The first-order valence-corrected chi connectivity index (χ1v) is 5.39. The highest BCUT2D eigenvalue weighted by molar-refractivity contribution is 6.16. The van der Waals surface area contributed by atoms with E-state index in [0.717, 1.165) is 5.52 Å². The summed E-state index contributed by atoms with van der Waals surface area (Å²) in [5.74, 6) is 0.0394. The van der Waals surface area contributed by atoms with Crippen LogP contribution in [0.1, 0.15) is 21.7 Å². The minimum Gasteiger partial charge on any atom is -0.461 e. The third kappa shape index (κ3) is 1.42. The number of rotatable bonds is 2.